The van der Waals surface area contributed by atoms with Gasteiger partial charge in [-0.1, -0.05) is 41.4 Å². The lowest BCUT2D eigenvalue weighted by atomic mass is 10.2. The van der Waals surface area contributed by atoms with Gasteiger partial charge in [-0.15, -0.1) is 0 Å². The number of alkyl halides is 4. The first-order valence-electron chi connectivity index (χ1n) is 5.67. The minimum Gasteiger partial charge on any atom is -0.224 e. The van der Waals surface area contributed by atoms with Crippen molar-refractivity contribution in [3.8, 4) is 0 Å². The lowest BCUT2D eigenvalue weighted by Crippen LogP contribution is -2.20. The van der Waals surface area contributed by atoms with Crippen LogP contribution in [0.2, 0.25) is 0 Å². The Labute approximate surface area is 119 Å². The van der Waals surface area contributed by atoms with Gasteiger partial charge in [0.25, 0.3) is 0 Å². The molecule has 1 aromatic rings. The fraction of sp³-hybridized carbons (Fsp3) is 0.500. The van der Waals surface area contributed by atoms with Crippen LogP contribution in [-0.2, 0) is 16.0 Å². The van der Waals surface area contributed by atoms with Gasteiger partial charge in [0, 0.05) is 5.33 Å². The average Bonchev–Trinajstić information content (AvgIpc) is 2.35. The van der Waals surface area contributed by atoms with Crippen LogP contribution in [0.4, 0.5) is 13.2 Å². The average molecular weight is 359 g/mol. The zero-order valence-corrected chi connectivity index (χ0v) is 12.6. The Morgan fingerprint density at radius 1 is 1.26 bits per heavy atom. The molecule has 0 saturated heterocycles. The van der Waals surface area contributed by atoms with Crippen LogP contribution < -0.4 is 0 Å². The molecular weight excluding hydrogens is 345 g/mol. The van der Waals surface area contributed by atoms with Gasteiger partial charge in [0.15, 0.2) is 9.84 Å². The van der Waals surface area contributed by atoms with Crippen molar-refractivity contribution in [2.24, 2.45) is 5.92 Å². The maximum atomic E-state index is 12.8. The largest absolute Gasteiger partial charge is 0.417 e. The minimum atomic E-state index is -4.67. The molecule has 0 fully saturated rings. The van der Waals surface area contributed by atoms with E-state index in [2.05, 4.69) is 15.9 Å². The zero-order chi connectivity index (χ0) is 14.7. The van der Waals surface area contributed by atoms with E-state index < -0.39 is 26.5 Å². The summed E-state index contributed by atoms with van der Waals surface area (Å²) in [5, 5.41) is 0.441. The van der Waals surface area contributed by atoms with Crippen molar-refractivity contribution in [2.75, 3.05) is 11.1 Å². The molecule has 0 radical (unpaired) electrons. The number of halogens is 4. The van der Waals surface area contributed by atoms with E-state index in [1.54, 1.807) is 6.92 Å². The number of hydrogen-bond donors (Lipinski definition) is 0. The maximum absolute atomic E-state index is 12.8. The Hall–Kier alpha value is -0.560. The van der Waals surface area contributed by atoms with Crippen molar-refractivity contribution in [3.63, 3.8) is 0 Å². The van der Waals surface area contributed by atoms with Crippen LogP contribution in [0, 0.1) is 5.92 Å². The van der Waals surface area contributed by atoms with E-state index in [0.29, 0.717) is 11.8 Å². The Balaban J connectivity index is 3.23. The van der Waals surface area contributed by atoms with Gasteiger partial charge in [0.1, 0.15) is 0 Å². The summed E-state index contributed by atoms with van der Waals surface area (Å²) < 4.78 is 62.6. The highest BCUT2D eigenvalue weighted by Gasteiger charge is 2.37. The molecule has 0 heterocycles. The van der Waals surface area contributed by atoms with Gasteiger partial charge in [-0.25, -0.2) is 8.42 Å². The number of hydrogen-bond acceptors (Lipinski definition) is 2. The van der Waals surface area contributed by atoms with Gasteiger partial charge >= 0.3 is 6.18 Å². The van der Waals surface area contributed by atoms with Gasteiger partial charge in [-0.05, 0) is 18.1 Å². The van der Waals surface area contributed by atoms with E-state index in [0.717, 1.165) is 12.1 Å². The lowest BCUT2D eigenvalue weighted by molar-refractivity contribution is -0.139. The Bertz CT molecular complexity index is 522. The van der Waals surface area contributed by atoms with Crippen molar-refractivity contribution in [2.45, 2.75) is 24.4 Å². The highest BCUT2D eigenvalue weighted by Crippen LogP contribution is 2.34. The molecule has 2 nitrogen and oxygen atoms in total. The summed E-state index contributed by atoms with van der Waals surface area (Å²) in [6.07, 6.45) is -4.08. The first kappa shape index (κ1) is 16.5. The van der Waals surface area contributed by atoms with E-state index in [1.807, 2.05) is 0 Å². The predicted molar refractivity (Wildman–Crippen MR) is 71.1 cm³/mol. The predicted octanol–water partition coefficient (Wildman–Crippen LogP) is 3.90. The van der Waals surface area contributed by atoms with Crippen LogP contribution >= 0.6 is 15.9 Å². The molecule has 7 heteroatoms. The van der Waals surface area contributed by atoms with E-state index in [9.17, 15) is 21.6 Å². The molecule has 0 aliphatic heterocycles. The van der Waals surface area contributed by atoms with Gasteiger partial charge in [0.2, 0.25) is 0 Å². The van der Waals surface area contributed by atoms with Crippen molar-refractivity contribution < 1.29 is 21.6 Å². The van der Waals surface area contributed by atoms with E-state index in [-0.39, 0.29) is 11.7 Å². The van der Waals surface area contributed by atoms with E-state index >= 15 is 0 Å². The summed E-state index contributed by atoms with van der Waals surface area (Å²) in [5.74, 6) is -0.492. The molecule has 0 aliphatic rings. The molecule has 0 amide bonds. The van der Waals surface area contributed by atoms with Crippen LogP contribution in [0.5, 0.6) is 0 Å². The molecule has 0 aromatic heterocycles. The first-order chi connectivity index (χ1) is 8.72. The maximum Gasteiger partial charge on any atom is 0.417 e. The summed E-state index contributed by atoms with van der Waals surface area (Å²) in [7, 11) is -3.95. The van der Waals surface area contributed by atoms with Gasteiger partial charge in [-0.2, -0.15) is 13.2 Å². The lowest BCUT2D eigenvalue weighted by Gasteiger charge is -2.16. The molecular formula is C12H14BrF3O2S. The summed E-state index contributed by atoms with van der Waals surface area (Å²) >= 11 is 3.17. The molecule has 1 unspecified atom stereocenters. The molecule has 0 aliphatic carbocycles. The van der Waals surface area contributed by atoms with Gasteiger partial charge in [0.05, 0.1) is 16.2 Å². The second-order valence-corrected chi connectivity index (χ2v) is 6.85. The Kier molecular flexibility index (Phi) is 5.43. The van der Waals surface area contributed by atoms with Gasteiger partial charge < -0.3 is 0 Å². The smallest absolute Gasteiger partial charge is 0.224 e. The van der Waals surface area contributed by atoms with Crippen LogP contribution in [0.3, 0.4) is 0 Å². The fourth-order valence-corrected chi connectivity index (χ4v) is 4.59. The van der Waals surface area contributed by atoms with Crippen LogP contribution in [0.25, 0.3) is 0 Å². The normalized spacial score (nSPS) is 14.4. The SMILES string of the molecule is CCC(CBr)CS(=O)(=O)c1ccccc1C(F)(F)F. The fourth-order valence-electron chi connectivity index (χ4n) is 1.64. The molecule has 1 atom stereocenters. The second kappa shape index (κ2) is 6.26. The molecule has 0 bridgehead atoms. The summed E-state index contributed by atoms with van der Waals surface area (Å²) in [6.45, 7) is 1.80. The monoisotopic (exact) mass is 358 g/mol. The van der Waals surface area contributed by atoms with Crippen molar-refractivity contribution in [1.82, 2.24) is 0 Å². The third-order valence-electron chi connectivity index (χ3n) is 2.78. The standard InChI is InChI=1S/C12H14BrF3O2S/c1-2-9(7-13)8-19(17,18)11-6-4-3-5-10(11)12(14,15)16/h3-6,9H,2,7-8H2,1H3. The van der Waals surface area contributed by atoms with Crippen LogP contribution in [-0.4, -0.2) is 19.5 Å². The summed E-state index contributed by atoms with van der Waals surface area (Å²) in [4.78, 5) is -0.637. The number of benzene rings is 1. The summed E-state index contributed by atoms with van der Waals surface area (Å²) in [5.41, 5.74) is -1.10. The zero-order valence-electron chi connectivity index (χ0n) is 10.2. The quantitative estimate of drug-likeness (QED) is 0.748. The number of rotatable bonds is 5. The van der Waals surface area contributed by atoms with E-state index in [1.165, 1.54) is 12.1 Å². The third-order valence-corrected chi connectivity index (χ3v) is 5.63. The Morgan fingerprint density at radius 3 is 2.32 bits per heavy atom. The topological polar surface area (TPSA) is 34.1 Å². The Morgan fingerprint density at radius 2 is 1.84 bits per heavy atom. The third kappa shape index (κ3) is 4.21. The van der Waals surface area contributed by atoms with Crippen LogP contribution in [0.15, 0.2) is 29.2 Å². The molecule has 0 spiro atoms. The van der Waals surface area contributed by atoms with Crippen LogP contribution in [0.1, 0.15) is 18.9 Å². The molecule has 1 aromatic carbocycles. The van der Waals surface area contributed by atoms with E-state index in [4.69, 9.17) is 0 Å². The van der Waals surface area contributed by atoms with Crippen molar-refractivity contribution >= 4 is 25.8 Å². The highest BCUT2D eigenvalue weighted by atomic mass is 79.9. The molecule has 19 heavy (non-hydrogen) atoms. The molecule has 0 saturated carbocycles. The second-order valence-electron chi connectivity index (χ2n) is 4.20. The van der Waals surface area contributed by atoms with Crippen molar-refractivity contribution in [1.29, 1.82) is 0 Å². The summed E-state index contributed by atoms with van der Waals surface area (Å²) in [6, 6.07) is 4.29. The number of sulfone groups is 1. The van der Waals surface area contributed by atoms with Gasteiger partial charge in [-0.3, -0.25) is 0 Å². The molecule has 0 N–H and O–H groups in total. The molecule has 1 rings (SSSR count). The first-order valence-corrected chi connectivity index (χ1v) is 8.44. The molecule has 108 valence electrons. The van der Waals surface area contributed by atoms with Crippen molar-refractivity contribution in [3.05, 3.63) is 29.8 Å². The minimum absolute atomic E-state index is 0.203. The highest BCUT2D eigenvalue weighted by molar-refractivity contribution is 9.09.